The molecular formula is C19H28N2O3. The lowest BCUT2D eigenvalue weighted by Crippen LogP contribution is -2.54. The summed E-state index contributed by atoms with van der Waals surface area (Å²) in [6.45, 7) is 5.32. The number of aliphatic hydroxyl groups is 1. The van der Waals surface area contributed by atoms with Gasteiger partial charge in [-0.3, -0.25) is 4.79 Å². The number of likely N-dealkylation sites (tertiary alicyclic amines) is 1. The number of rotatable bonds is 4. The molecule has 2 fully saturated rings. The molecule has 1 aliphatic heterocycles. The van der Waals surface area contributed by atoms with Crippen molar-refractivity contribution in [2.75, 3.05) is 13.1 Å². The third kappa shape index (κ3) is 3.56. The number of carbonyl (C=O) groups is 1. The lowest BCUT2D eigenvalue weighted by molar-refractivity contribution is -0.0886. The van der Waals surface area contributed by atoms with Crippen LogP contribution in [0.5, 0.6) is 5.88 Å². The molecule has 1 aromatic heterocycles. The highest BCUT2D eigenvalue weighted by atomic mass is 16.5. The van der Waals surface area contributed by atoms with Gasteiger partial charge in [0.1, 0.15) is 0 Å². The Kier molecular flexibility index (Phi) is 5.09. The number of hydrogen-bond donors (Lipinski definition) is 1. The minimum Gasteiger partial charge on any atom is -0.475 e. The van der Waals surface area contributed by atoms with Crippen molar-refractivity contribution < 1.29 is 14.6 Å². The smallest absolute Gasteiger partial charge is 0.254 e. The van der Waals surface area contributed by atoms with Crippen LogP contribution in [0.15, 0.2) is 18.3 Å². The van der Waals surface area contributed by atoms with Gasteiger partial charge >= 0.3 is 0 Å². The van der Waals surface area contributed by atoms with Crippen molar-refractivity contribution in [2.45, 2.75) is 64.1 Å². The van der Waals surface area contributed by atoms with Crippen LogP contribution in [-0.2, 0) is 0 Å². The van der Waals surface area contributed by atoms with Gasteiger partial charge in [0.2, 0.25) is 5.88 Å². The minimum absolute atomic E-state index is 0.0130. The van der Waals surface area contributed by atoms with Gasteiger partial charge in [-0.15, -0.1) is 0 Å². The zero-order valence-corrected chi connectivity index (χ0v) is 14.7. The third-order valence-corrected chi connectivity index (χ3v) is 5.59. The van der Waals surface area contributed by atoms with Gasteiger partial charge in [0.15, 0.2) is 0 Å². The zero-order chi connectivity index (χ0) is 17.2. The summed E-state index contributed by atoms with van der Waals surface area (Å²) in [7, 11) is 0. The molecule has 0 radical (unpaired) electrons. The van der Waals surface area contributed by atoms with E-state index in [1.54, 1.807) is 18.3 Å². The molecule has 132 valence electrons. The average molecular weight is 332 g/mol. The summed E-state index contributed by atoms with van der Waals surface area (Å²) in [4.78, 5) is 18.9. The number of fused-ring (bicyclic) bond motifs is 1. The summed E-state index contributed by atoms with van der Waals surface area (Å²) in [6.07, 6.45) is 7.43. The second-order valence-corrected chi connectivity index (χ2v) is 7.27. The molecule has 1 saturated heterocycles. The van der Waals surface area contributed by atoms with E-state index in [0.717, 1.165) is 32.1 Å². The van der Waals surface area contributed by atoms with Gasteiger partial charge in [0.05, 0.1) is 11.7 Å². The molecule has 1 N–H and O–H groups in total. The Labute approximate surface area is 144 Å². The number of nitrogens with zero attached hydrogens (tertiary/aromatic N) is 2. The first kappa shape index (κ1) is 17.2. The van der Waals surface area contributed by atoms with Crippen LogP contribution in [0, 0.1) is 5.92 Å². The number of piperidine rings is 1. The van der Waals surface area contributed by atoms with E-state index in [1.807, 2.05) is 11.8 Å². The average Bonchev–Trinajstić information content (AvgIpc) is 2.60. The molecule has 3 unspecified atom stereocenters. The Hall–Kier alpha value is -1.62. The SMILES string of the molecule is CCC(C)Oc1cc(C(=O)N2CCC3(O)CCCCC3C2)ccn1. The summed E-state index contributed by atoms with van der Waals surface area (Å²) < 4.78 is 5.72. The van der Waals surface area contributed by atoms with E-state index in [0.29, 0.717) is 31.0 Å². The highest BCUT2D eigenvalue weighted by Crippen LogP contribution is 2.40. The minimum atomic E-state index is -0.557. The van der Waals surface area contributed by atoms with E-state index < -0.39 is 5.60 Å². The number of ether oxygens (including phenoxy) is 1. The Bertz CT molecular complexity index is 592. The van der Waals surface area contributed by atoms with E-state index in [1.165, 1.54) is 0 Å². The van der Waals surface area contributed by atoms with Gasteiger partial charge < -0.3 is 14.7 Å². The molecule has 24 heavy (non-hydrogen) atoms. The normalized spacial score (nSPS) is 28.1. The van der Waals surface area contributed by atoms with Crippen LogP contribution in [0.1, 0.15) is 62.7 Å². The van der Waals surface area contributed by atoms with Crippen LogP contribution < -0.4 is 4.74 Å². The predicted molar refractivity (Wildman–Crippen MR) is 92.0 cm³/mol. The molecular weight excluding hydrogens is 304 g/mol. The Morgan fingerprint density at radius 2 is 2.33 bits per heavy atom. The number of carbonyl (C=O) groups excluding carboxylic acids is 1. The van der Waals surface area contributed by atoms with Gasteiger partial charge in [0, 0.05) is 36.8 Å². The summed E-state index contributed by atoms with van der Waals surface area (Å²) in [6, 6.07) is 3.48. The van der Waals surface area contributed by atoms with E-state index in [4.69, 9.17) is 4.74 Å². The Balaban J connectivity index is 1.69. The van der Waals surface area contributed by atoms with Crippen molar-refractivity contribution in [3.05, 3.63) is 23.9 Å². The molecule has 1 aromatic rings. The van der Waals surface area contributed by atoms with Crippen LogP contribution in [0.25, 0.3) is 0 Å². The van der Waals surface area contributed by atoms with Crippen LogP contribution in [0.2, 0.25) is 0 Å². The first-order valence-corrected chi connectivity index (χ1v) is 9.16. The van der Waals surface area contributed by atoms with E-state index >= 15 is 0 Å². The molecule has 1 aliphatic carbocycles. The van der Waals surface area contributed by atoms with Crippen LogP contribution >= 0.6 is 0 Å². The third-order valence-electron chi connectivity index (χ3n) is 5.59. The monoisotopic (exact) mass is 332 g/mol. The van der Waals surface area contributed by atoms with E-state index in [9.17, 15) is 9.90 Å². The molecule has 0 spiro atoms. The van der Waals surface area contributed by atoms with Gasteiger partial charge in [-0.1, -0.05) is 19.8 Å². The fraction of sp³-hybridized carbons (Fsp3) is 0.684. The fourth-order valence-corrected chi connectivity index (χ4v) is 3.83. The van der Waals surface area contributed by atoms with Crippen LogP contribution in [-0.4, -0.2) is 45.7 Å². The van der Waals surface area contributed by atoms with Crippen LogP contribution in [0.3, 0.4) is 0 Å². The maximum absolute atomic E-state index is 12.8. The molecule has 2 aliphatic rings. The van der Waals surface area contributed by atoms with E-state index in [2.05, 4.69) is 11.9 Å². The quantitative estimate of drug-likeness (QED) is 0.920. The second-order valence-electron chi connectivity index (χ2n) is 7.27. The molecule has 5 nitrogen and oxygen atoms in total. The van der Waals surface area contributed by atoms with Crippen molar-refractivity contribution in [1.82, 2.24) is 9.88 Å². The van der Waals surface area contributed by atoms with Crippen molar-refractivity contribution in [1.29, 1.82) is 0 Å². The summed E-state index contributed by atoms with van der Waals surface area (Å²) in [5.74, 6) is 0.724. The molecule has 5 heteroatoms. The van der Waals surface area contributed by atoms with Gasteiger partial charge in [0.25, 0.3) is 5.91 Å². The van der Waals surface area contributed by atoms with Crippen molar-refractivity contribution in [3.8, 4) is 5.88 Å². The molecule has 3 rings (SSSR count). The van der Waals surface area contributed by atoms with Gasteiger partial charge in [-0.2, -0.15) is 0 Å². The lowest BCUT2D eigenvalue weighted by atomic mass is 9.71. The van der Waals surface area contributed by atoms with Crippen molar-refractivity contribution >= 4 is 5.91 Å². The summed E-state index contributed by atoms with van der Waals surface area (Å²) in [5.41, 5.74) is 0.0579. The second kappa shape index (κ2) is 7.09. The number of aromatic nitrogens is 1. The zero-order valence-electron chi connectivity index (χ0n) is 14.7. The lowest BCUT2D eigenvalue weighted by Gasteiger charge is -2.47. The fourth-order valence-electron chi connectivity index (χ4n) is 3.83. The first-order chi connectivity index (χ1) is 11.5. The summed E-state index contributed by atoms with van der Waals surface area (Å²) in [5, 5.41) is 10.8. The van der Waals surface area contributed by atoms with Gasteiger partial charge in [-0.25, -0.2) is 4.98 Å². The highest BCUT2D eigenvalue weighted by Gasteiger charge is 2.43. The molecule has 0 aromatic carbocycles. The number of pyridine rings is 1. The molecule has 3 atom stereocenters. The van der Waals surface area contributed by atoms with Gasteiger partial charge in [-0.05, 0) is 38.7 Å². The highest BCUT2D eigenvalue weighted by molar-refractivity contribution is 5.94. The maximum Gasteiger partial charge on any atom is 0.254 e. The first-order valence-electron chi connectivity index (χ1n) is 9.16. The molecule has 1 saturated carbocycles. The largest absolute Gasteiger partial charge is 0.475 e. The number of amides is 1. The van der Waals surface area contributed by atoms with Crippen molar-refractivity contribution in [3.63, 3.8) is 0 Å². The molecule has 0 bridgehead atoms. The number of hydrogen-bond acceptors (Lipinski definition) is 4. The summed E-state index contributed by atoms with van der Waals surface area (Å²) >= 11 is 0. The Morgan fingerprint density at radius 3 is 3.12 bits per heavy atom. The molecule has 2 heterocycles. The van der Waals surface area contributed by atoms with E-state index in [-0.39, 0.29) is 17.9 Å². The van der Waals surface area contributed by atoms with Crippen molar-refractivity contribution in [2.24, 2.45) is 5.92 Å². The maximum atomic E-state index is 12.8. The predicted octanol–water partition coefficient (Wildman–Crippen LogP) is 3.03. The molecule has 1 amide bonds. The standard InChI is InChI=1S/C19H28N2O3/c1-3-14(2)24-17-12-15(7-10-20-17)18(22)21-11-9-19(23)8-5-4-6-16(19)13-21/h7,10,12,14,16,23H,3-6,8-9,11,13H2,1-2H3. The topological polar surface area (TPSA) is 62.7 Å². The van der Waals surface area contributed by atoms with Crippen LogP contribution in [0.4, 0.5) is 0 Å². The Morgan fingerprint density at radius 1 is 1.50 bits per heavy atom.